The monoisotopic (exact) mass is 330 g/mol. The zero-order valence-corrected chi connectivity index (χ0v) is 13.6. The van der Waals surface area contributed by atoms with Gasteiger partial charge in [-0.2, -0.15) is 15.0 Å². The second-order valence-corrected chi connectivity index (χ2v) is 6.84. The number of piperidine rings is 1. The SMILES string of the molecule is O=C(Cc1ccccc1Cl)N1C2CCC1CC(n1nccn1)C2. The molecule has 2 saturated heterocycles. The molecule has 1 aromatic carbocycles. The summed E-state index contributed by atoms with van der Waals surface area (Å²) in [5.41, 5.74) is 0.912. The van der Waals surface area contributed by atoms with E-state index >= 15 is 0 Å². The minimum absolute atomic E-state index is 0.192. The Bertz CT molecular complexity index is 688. The summed E-state index contributed by atoms with van der Waals surface area (Å²) in [6, 6.07) is 8.52. The molecule has 1 amide bonds. The van der Waals surface area contributed by atoms with E-state index in [1.54, 1.807) is 17.2 Å². The Morgan fingerprint density at radius 1 is 1.09 bits per heavy atom. The fourth-order valence-electron chi connectivity index (χ4n) is 4.05. The molecule has 0 radical (unpaired) electrons. The third-order valence-electron chi connectivity index (χ3n) is 5.06. The van der Waals surface area contributed by atoms with Crippen LogP contribution in [0.3, 0.4) is 0 Å². The van der Waals surface area contributed by atoms with Gasteiger partial charge in [0.1, 0.15) is 0 Å². The number of carbonyl (C=O) groups excluding carboxylic acids is 1. The fraction of sp³-hybridized carbons (Fsp3) is 0.471. The van der Waals surface area contributed by atoms with Gasteiger partial charge in [-0.05, 0) is 37.3 Å². The van der Waals surface area contributed by atoms with Gasteiger partial charge < -0.3 is 4.90 Å². The van der Waals surface area contributed by atoms with Crippen molar-refractivity contribution in [2.45, 2.75) is 50.2 Å². The molecule has 1 aromatic heterocycles. The number of fused-ring (bicyclic) bond motifs is 2. The van der Waals surface area contributed by atoms with Crippen molar-refractivity contribution >= 4 is 17.5 Å². The summed E-state index contributed by atoms with van der Waals surface area (Å²) in [5.74, 6) is 0.192. The van der Waals surface area contributed by atoms with Crippen molar-refractivity contribution in [3.05, 3.63) is 47.2 Å². The smallest absolute Gasteiger partial charge is 0.227 e. The van der Waals surface area contributed by atoms with E-state index in [0.717, 1.165) is 31.2 Å². The number of halogens is 1. The molecule has 0 spiro atoms. The molecule has 2 bridgehead atoms. The molecule has 2 aliphatic heterocycles. The molecule has 23 heavy (non-hydrogen) atoms. The summed E-state index contributed by atoms with van der Waals surface area (Å²) < 4.78 is 0. The van der Waals surface area contributed by atoms with Crippen molar-refractivity contribution in [3.63, 3.8) is 0 Å². The van der Waals surface area contributed by atoms with Crippen LogP contribution in [0, 0.1) is 0 Å². The summed E-state index contributed by atoms with van der Waals surface area (Å²) in [4.78, 5) is 16.7. The highest BCUT2D eigenvalue weighted by atomic mass is 35.5. The first-order valence-corrected chi connectivity index (χ1v) is 8.50. The predicted octanol–water partition coefficient (Wildman–Crippen LogP) is 2.87. The average Bonchev–Trinajstić information content (AvgIpc) is 3.16. The van der Waals surface area contributed by atoms with Crippen LogP contribution in [0.2, 0.25) is 5.02 Å². The molecule has 4 rings (SSSR count). The minimum atomic E-state index is 0.192. The molecule has 5 nitrogen and oxygen atoms in total. The molecule has 2 aromatic rings. The third-order valence-corrected chi connectivity index (χ3v) is 5.43. The topological polar surface area (TPSA) is 51.0 Å². The largest absolute Gasteiger partial charge is 0.336 e. The van der Waals surface area contributed by atoms with Gasteiger partial charge in [0.05, 0.1) is 24.9 Å². The van der Waals surface area contributed by atoms with Gasteiger partial charge in [0, 0.05) is 17.1 Å². The van der Waals surface area contributed by atoms with Gasteiger partial charge in [0.15, 0.2) is 0 Å². The molecule has 0 saturated carbocycles. The Labute approximate surface area is 140 Å². The molecule has 2 atom stereocenters. The Morgan fingerprint density at radius 2 is 1.74 bits per heavy atom. The second-order valence-electron chi connectivity index (χ2n) is 6.43. The number of hydrogen-bond donors (Lipinski definition) is 0. The number of hydrogen-bond acceptors (Lipinski definition) is 3. The van der Waals surface area contributed by atoms with Crippen LogP contribution in [0.25, 0.3) is 0 Å². The molecule has 2 aliphatic rings. The Morgan fingerprint density at radius 3 is 2.39 bits per heavy atom. The zero-order valence-electron chi connectivity index (χ0n) is 12.8. The Kier molecular flexibility index (Phi) is 3.81. The molecule has 120 valence electrons. The molecule has 3 heterocycles. The van der Waals surface area contributed by atoms with Crippen molar-refractivity contribution in [2.75, 3.05) is 0 Å². The first kappa shape index (κ1) is 14.7. The summed E-state index contributed by atoms with van der Waals surface area (Å²) in [6.45, 7) is 0. The van der Waals surface area contributed by atoms with Gasteiger partial charge in [-0.25, -0.2) is 0 Å². The van der Waals surface area contributed by atoms with Crippen LogP contribution >= 0.6 is 11.6 Å². The number of nitrogens with zero attached hydrogens (tertiary/aromatic N) is 4. The van der Waals surface area contributed by atoms with Gasteiger partial charge >= 0.3 is 0 Å². The zero-order chi connectivity index (χ0) is 15.8. The van der Waals surface area contributed by atoms with Gasteiger partial charge in [-0.15, -0.1) is 0 Å². The van der Waals surface area contributed by atoms with Gasteiger partial charge in [-0.3, -0.25) is 4.79 Å². The lowest BCUT2D eigenvalue weighted by atomic mass is 9.97. The number of amides is 1. The molecule has 6 heteroatoms. The number of aromatic nitrogens is 3. The summed E-state index contributed by atoms with van der Waals surface area (Å²) >= 11 is 6.20. The maximum Gasteiger partial charge on any atom is 0.227 e. The average molecular weight is 331 g/mol. The van der Waals surface area contributed by atoms with Crippen molar-refractivity contribution in [1.82, 2.24) is 19.9 Å². The van der Waals surface area contributed by atoms with Crippen molar-refractivity contribution in [1.29, 1.82) is 0 Å². The molecule has 2 unspecified atom stereocenters. The van der Waals surface area contributed by atoms with Gasteiger partial charge in [0.25, 0.3) is 0 Å². The molecular weight excluding hydrogens is 312 g/mol. The van der Waals surface area contributed by atoms with E-state index in [2.05, 4.69) is 15.1 Å². The quantitative estimate of drug-likeness (QED) is 0.869. The summed E-state index contributed by atoms with van der Waals surface area (Å²) in [6.07, 6.45) is 7.87. The van der Waals surface area contributed by atoms with Gasteiger partial charge in [0.2, 0.25) is 5.91 Å². The molecule has 0 aliphatic carbocycles. The van der Waals surface area contributed by atoms with Gasteiger partial charge in [-0.1, -0.05) is 29.8 Å². The van der Waals surface area contributed by atoms with Crippen LogP contribution in [0.15, 0.2) is 36.7 Å². The molecule has 0 N–H and O–H groups in total. The highest BCUT2D eigenvalue weighted by molar-refractivity contribution is 6.31. The van der Waals surface area contributed by atoms with E-state index in [0.29, 0.717) is 29.6 Å². The lowest BCUT2D eigenvalue weighted by Gasteiger charge is -2.38. The van der Waals surface area contributed by atoms with Crippen LogP contribution in [-0.2, 0) is 11.2 Å². The maximum absolute atomic E-state index is 12.8. The van der Waals surface area contributed by atoms with Crippen LogP contribution < -0.4 is 0 Å². The van der Waals surface area contributed by atoms with Crippen LogP contribution in [0.5, 0.6) is 0 Å². The lowest BCUT2D eigenvalue weighted by molar-refractivity contribution is -0.135. The van der Waals surface area contributed by atoms with Crippen molar-refractivity contribution < 1.29 is 4.79 Å². The number of rotatable bonds is 3. The first-order valence-electron chi connectivity index (χ1n) is 8.12. The van der Waals surface area contributed by atoms with E-state index in [9.17, 15) is 4.79 Å². The lowest BCUT2D eigenvalue weighted by Crippen LogP contribution is -2.47. The van der Waals surface area contributed by atoms with Crippen molar-refractivity contribution in [3.8, 4) is 0 Å². The van der Waals surface area contributed by atoms with E-state index in [1.165, 1.54) is 0 Å². The third kappa shape index (κ3) is 2.74. The normalized spacial score (nSPS) is 26.5. The number of benzene rings is 1. The fourth-order valence-corrected chi connectivity index (χ4v) is 4.26. The predicted molar refractivity (Wildman–Crippen MR) is 87.1 cm³/mol. The highest BCUT2D eigenvalue weighted by Gasteiger charge is 2.44. The molecule has 2 fully saturated rings. The highest BCUT2D eigenvalue weighted by Crippen LogP contribution is 2.40. The standard InChI is InChI=1S/C17H19ClN4O/c18-16-4-2-1-3-12(16)9-17(23)21-13-5-6-14(21)11-15(10-13)22-19-7-8-20-22/h1-4,7-8,13-15H,5-6,9-11H2. The van der Waals surface area contributed by atoms with Crippen LogP contribution in [0.4, 0.5) is 0 Å². The minimum Gasteiger partial charge on any atom is -0.336 e. The molecular formula is C17H19ClN4O. The van der Waals surface area contributed by atoms with E-state index in [4.69, 9.17) is 11.6 Å². The van der Waals surface area contributed by atoms with E-state index < -0.39 is 0 Å². The first-order chi connectivity index (χ1) is 11.2. The second kappa shape index (κ2) is 5.96. The van der Waals surface area contributed by atoms with Crippen LogP contribution in [0.1, 0.15) is 37.3 Å². The summed E-state index contributed by atoms with van der Waals surface area (Å²) in [5, 5.41) is 9.21. The Hall–Kier alpha value is -1.88. The maximum atomic E-state index is 12.8. The van der Waals surface area contributed by atoms with E-state index in [-0.39, 0.29) is 5.91 Å². The van der Waals surface area contributed by atoms with Crippen molar-refractivity contribution in [2.24, 2.45) is 0 Å². The summed E-state index contributed by atoms with van der Waals surface area (Å²) in [7, 11) is 0. The number of carbonyl (C=O) groups is 1. The van der Waals surface area contributed by atoms with Crippen LogP contribution in [-0.4, -0.2) is 37.9 Å². The van der Waals surface area contributed by atoms with E-state index in [1.807, 2.05) is 24.3 Å². The Balaban J connectivity index is 1.48.